The highest BCUT2D eigenvalue weighted by atomic mass is 16.5. The van der Waals surface area contributed by atoms with Crippen LogP contribution in [-0.2, 0) is 11.3 Å². The Labute approximate surface area is 152 Å². The van der Waals surface area contributed by atoms with Gasteiger partial charge in [-0.3, -0.25) is 9.88 Å². The fraction of sp³-hybridized carbons (Fsp3) is 0.300. The SMILES string of the molecule is COc1cccc(-c2cnc([C@@H]3COCCN3Cc3ccncc3)[nH]2)c1. The van der Waals surface area contributed by atoms with Gasteiger partial charge >= 0.3 is 0 Å². The number of nitrogens with one attached hydrogen (secondary N) is 1. The summed E-state index contributed by atoms with van der Waals surface area (Å²) in [6, 6.07) is 12.2. The quantitative estimate of drug-likeness (QED) is 0.766. The lowest BCUT2D eigenvalue weighted by atomic mass is 10.1. The Balaban J connectivity index is 1.56. The van der Waals surface area contributed by atoms with Crippen LogP contribution in [0.15, 0.2) is 55.0 Å². The Morgan fingerprint density at radius 3 is 3.00 bits per heavy atom. The topological polar surface area (TPSA) is 63.3 Å². The van der Waals surface area contributed by atoms with E-state index in [0.29, 0.717) is 6.61 Å². The maximum atomic E-state index is 5.72. The third-order valence-corrected chi connectivity index (χ3v) is 4.67. The van der Waals surface area contributed by atoms with Crippen molar-refractivity contribution >= 4 is 0 Å². The summed E-state index contributed by atoms with van der Waals surface area (Å²) in [5.74, 6) is 1.76. The van der Waals surface area contributed by atoms with Crippen LogP contribution in [0, 0.1) is 0 Å². The number of hydrogen-bond acceptors (Lipinski definition) is 5. The lowest BCUT2D eigenvalue weighted by Crippen LogP contribution is -2.39. The molecule has 0 saturated carbocycles. The van der Waals surface area contributed by atoms with Crippen LogP contribution in [0.4, 0.5) is 0 Å². The number of ether oxygens (including phenoxy) is 2. The summed E-state index contributed by atoms with van der Waals surface area (Å²) < 4.78 is 11.0. The molecule has 0 amide bonds. The number of H-pyrrole nitrogens is 1. The molecule has 134 valence electrons. The van der Waals surface area contributed by atoms with Gasteiger partial charge in [-0.15, -0.1) is 0 Å². The first kappa shape index (κ1) is 16.8. The van der Waals surface area contributed by atoms with Crippen LogP contribution in [0.5, 0.6) is 5.75 Å². The molecule has 1 fully saturated rings. The molecule has 6 nitrogen and oxygen atoms in total. The van der Waals surface area contributed by atoms with Crippen molar-refractivity contribution < 1.29 is 9.47 Å². The molecule has 1 aromatic carbocycles. The molecule has 1 N–H and O–H groups in total. The van der Waals surface area contributed by atoms with Gasteiger partial charge in [0.15, 0.2) is 0 Å². The number of morpholine rings is 1. The van der Waals surface area contributed by atoms with Crippen LogP contribution in [-0.4, -0.2) is 46.7 Å². The molecule has 1 saturated heterocycles. The second kappa shape index (κ2) is 7.68. The second-order valence-corrected chi connectivity index (χ2v) is 6.33. The van der Waals surface area contributed by atoms with Gasteiger partial charge in [0.05, 0.1) is 38.3 Å². The predicted molar refractivity (Wildman–Crippen MR) is 98.8 cm³/mol. The van der Waals surface area contributed by atoms with E-state index in [1.165, 1.54) is 5.56 Å². The number of hydrogen-bond donors (Lipinski definition) is 1. The first-order chi connectivity index (χ1) is 12.8. The van der Waals surface area contributed by atoms with Gasteiger partial charge in [0.25, 0.3) is 0 Å². The minimum atomic E-state index is 0.108. The smallest absolute Gasteiger partial charge is 0.126 e. The van der Waals surface area contributed by atoms with E-state index in [1.54, 1.807) is 7.11 Å². The van der Waals surface area contributed by atoms with Crippen LogP contribution in [0.25, 0.3) is 11.3 Å². The van der Waals surface area contributed by atoms with Gasteiger partial charge in [-0.05, 0) is 29.8 Å². The molecule has 3 heterocycles. The molecule has 1 atom stereocenters. The average Bonchev–Trinajstić information content (AvgIpc) is 3.19. The van der Waals surface area contributed by atoms with Crippen molar-refractivity contribution in [1.82, 2.24) is 19.9 Å². The zero-order valence-corrected chi connectivity index (χ0v) is 14.8. The number of pyridine rings is 1. The molecule has 0 radical (unpaired) electrons. The monoisotopic (exact) mass is 350 g/mol. The standard InChI is InChI=1S/C20H22N4O2/c1-25-17-4-2-3-16(11-17)18-12-22-20(23-18)19-14-26-10-9-24(19)13-15-5-7-21-8-6-15/h2-8,11-12,19H,9-10,13-14H2,1H3,(H,22,23)/t19-/m0/s1. The molecule has 0 unspecified atom stereocenters. The predicted octanol–water partition coefficient (Wildman–Crippen LogP) is 3.05. The van der Waals surface area contributed by atoms with Crippen molar-refractivity contribution in [1.29, 1.82) is 0 Å². The van der Waals surface area contributed by atoms with E-state index in [9.17, 15) is 0 Å². The van der Waals surface area contributed by atoms with E-state index in [1.807, 2.05) is 42.9 Å². The summed E-state index contributed by atoms with van der Waals surface area (Å²) >= 11 is 0. The number of aromatic amines is 1. The maximum Gasteiger partial charge on any atom is 0.126 e. The molecule has 0 bridgehead atoms. The number of imidazole rings is 1. The Bertz CT molecular complexity index is 850. The van der Waals surface area contributed by atoms with Gasteiger partial charge in [-0.25, -0.2) is 4.98 Å². The van der Waals surface area contributed by atoms with Gasteiger partial charge < -0.3 is 14.5 Å². The normalized spacial score (nSPS) is 18.0. The first-order valence-corrected chi connectivity index (χ1v) is 8.73. The van der Waals surface area contributed by atoms with Crippen molar-refractivity contribution in [2.45, 2.75) is 12.6 Å². The van der Waals surface area contributed by atoms with Gasteiger partial charge in [0.2, 0.25) is 0 Å². The minimum Gasteiger partial charge on any atom is -0.497 e. The molecule has 0 spiro atoms. The van der Waals surface area contributed by atoms with Gasteiger partial charge in [0.1, 0.15) is 11.6 Å². The summed E-state index contributed by atoms with van der Waals surface area (Å²) in [5.41, 5.74) is 3.28. The molecular weight excluding hydrogens is 328 g/mol. The molecule has 3 aromatic rings. The minimum absolute atomic E-state index is 0.108. The largest absolute Gasteiger partial charge is 0.497 e. The summed E-state index contributed by atoms with van der Waals surface area (Å²) in [6.45, 7) is 3.11. The molecule has 1 aliphatic heterocycles. The number of rotatable bonds is 5. The highest BCUT2D eigenvalue weighted by molar-refractivity contribution is 5.60. The fourth-order valence-electron chi connectivity index (χ4n) is 3.25. The summed E-state index contributed by atoms with van der Waals surface area (Å²) in [6.07, 6.45) is 5.54. The molecular formula is C20H22N4O2. The summed E-state index contributed by atoms with van der Waals surface area (Å²) in [5, 5.41) is 0. The Hall–Kier alpha value is -2.70. The number of benzene rings is 1. The summed E-state index contributed by atoms with van der Waals surface area (Å²) in [4.78, 5) is 14.6. The number of nitrogens with zero attached hydrogens (tertiary/aromatic N) is 3. The second-order valence-electron chi connectivity index (χ2n) is 6.33. The summed E-state index contributed by atoms with van der Waals surface area (Å²) in [7, 11) is 1.67. The number of methoxy groups -OCH3 is 1. The fourth-order valence-corrected chi connectivity index (χ4v) is 3.25. The van der Waals surface area contributed by atoms with Crippen molar-refractivity contribution in [3.8, 4) is 17.0 Å². The average molecular weight is 350 g/mol. The molecule has 6 heteroatoms. The Morgan fingerprint density at radius 1 is 1.27 bits per heavy atom. The molecule has 0 aliphatic carbocycles. The van der Waals surface area contributed by atoms with Crippen molar-refractivity contribution in [2.24, 2.45) is 0 Å². The van der Waals surface area contributed by atoms with Crippen LogP contribution in [0.1, 0.15) is 17.4 Å². The van der Waals surface area contributed by atoms with E-state index in [0.717, 1.165) is 42.5 Å². The zero-order chi connectivity index (χ0) is 17.8. The highest BCUT2D eigenvalue weighted by Gasteiger charge is 2.27. The van der Waals surface area contributed by atoms with Crippen molar-refractivity contribution in [3.63, 3.8) is 0 Å². The molecule has 1 aliphatic rings. The maximum absolute atomic E-state index is 5.72. The Morgan fingerprint density at radius 2 is 2.15 bits per heavy atom. The molecule has 2 aromatic heterocycles. The van der Waals surface area contributed by atoms with Crippen molar-refractivity contribution in [2.75, 3.05) is 26.9 Å². The molecule has 26 heavy (non-hydrogen) atoms. The van der Waals surface area contributed by atoms with E-state index in [2.05, 4.69) is 32.0 Å². The van der Waals surface area contributed by atoms with E-state index >= 15 is 0 Å². The molecule has 4 rings (SSSR count). The van der Waals surface area contributed by atoms with E-state index in [-0.39, 0.29) is 6.04 Å². The van der Waals surface area contributed by atoms with Crippen LogP contribution in [0.3, 0.4) is 0 Å². The third-order valence-electron chi connectivity index (χ3n) is 4.67. The van der Waals surface area contributed by atoms with Gasteiger partial charge in [-0.1, -0.05) is 12.1 Å². The van der Waals surface area contributed by atoms with Gasteiger partial charge in [-0.2, -0.15) is 0 Å². The number of aromatic nitrogens is 3. The first-order valence-electron chi connectivity index (χ1n) is 8.73. The van der Waals surface area contributed by atoms with Gasteiger partial charge in [0, 0.05) is 31.0 Å². The third kappa shape index (κ3) is 3.61. The van der Waals surface area contributed by atoms with Crippen molar-refractivity contribution in [3.05, 3.63) is 66.4 Å². The zero-order valence-electron chi connectivity index (χ0n) is 14.8. The van der Waals surface area contributed by atoms with E-state index in [4.69, 9.17) is 9.47 Å². The van der Waals surface area contributed by atoms with Crippen LogP contribution < -0.4 is 4.74 Å². The highest BCUT2D eigenvalue weighted by Crippen LogP contribution is 2.27. The lowest BCUT2D eigenvalue weighted by molar-refractivity contribution is -0.0156. The van der Waals surface area contributed by atoms with Crippen LogP contribution in [0.2, 0.25) is 0 Å². The van der Waals surface area contributed by atoms with E-state index < -0.39 is 0 Å². The Kier molecular flexibility index (Phi) is 4.95. The van der Waals surface area contributed by atoms with Crippen LogP contribution >= 0.6 is 0 Å². The lowest BCUT2D eigenvalue weighted by Gasteiger charge is -2.34.